The number of rotatable bonds is 2. The third-order valence-electron chi connectivity index (χ3n) is 2.39. The lowest BCUT2D eigenvalue weighted by molar-refractivity contribution is 0.919. The van der Waals surface area contributed by atoms with Crippen LogP contribution in [0.5, 0.6) is 0 Å². The maximum absolute atomic E-state index is 12.8. The number of aromatic nitrogens is 4. The normalized spacial score (nSPS) is 11.3. The molecule has 0 fully saturated rings. The Kier molecular flexibility index (Phi) is 3.08. The van der Waals surface area contributed by atoms with Crippen LogP contribution in [0.3, 0.4) is 0 Å². The lowest BCUT2D eigenvalue weighted by Gasteiger charge is -1.98. The molecule has 92 valence electrons. The Bertz CT molecular complexity index is 724. The zero-order valence-corrected chi connectivity index (χ0v) is 12.3. The van der Waals surface area contributed by atoms with Crippen molar-refractivity contribution < 1.29 is 3.89 Å². The van der Waals surface area contributed by atoms with E-state index < -0.39 is 0 Å². The monoisotopic (exact) mass is 344 g/mol. The largest absolute Gasteiger partial charge is 0.246 e. The van der Waals surface area contributed by atoms with Crippen LogP contribution >= 0.6 is 39.8 Å². The van der Waals surface area contributed by atoms with Crippen LogP contribution in [0.1, 0.15) is 5.82 Å². The maximum Gasteiger partial charge on any atom is 0.171 e. The SMILES string of the molecule is Cc1nsc(-c2ccc3c(Br)cn(SF)c3n2)n1. The van der Waals surface area contributed by atoms with Gasteiger partial charge in [-0.25, -0.2) is 13.9 Å². The highest BCUT2D eigenvalue weighted by Crippen LogP contribution is 2.31. The summed E-state index contributed by atoms with van der Waals surface area (Å²) in [6, 6.07) is 3.76. The molecule has 0 aliphatic heterocycles. The van der Waals surface area contributed by atoms with Gasteiger partial charge in [0.1, 0.15) is 11.5 Å². The van der Waals surface area contributed by atoms with E-state index in [0.29, 0.717) is 17.2 Å². The van der Waals surface area contributed by atoms with Gasteiger partial charge in [0.25, 0.3) is 0 Å². The van der Waals surface area contributed by atoms with Crippen LogP contribution in [0.15, 0.2) is 22.8 Å². The predicted molar refractivity (Wildman–Crippen MR) is 75.2 cm³/mol. The molecule has 0 spiro atoms. The molecule has 0 aliphatic rings. The Morgan fingerprint density at radius 3 is 2.89 bits per heavy atom. The van der Waals surface area contributed by atoms with Crippen molar-refractivity contribution in [1.29, 1.82) is 0 Å². The molecule has 18 heavy (non-hydrogen) atoms. The van der Waals surface area contributed by atoms with Gasteiger partial charge in [0, 0.05) is 16.1 Å². The van der Waals surface area contributed by atoms with Crippen molar-refractivity contribution in [3.8, 4) is 10.7 Å². The highest BCUT2D eigenvalue weighted by molar-refractivity contribution is 9.10. The van der Waals surface area contributed by atoms with Crippen molar-refractivity contribution in [2.45, 2.75) is 6.92 Å². The summed E-state index contributed by atoms with van der Waals surface area (Å²) in [5, 5.41) is 1.60. The second-order valence-electron chi connectivity index (χ2n) is 3.59. The molecule has 0 amide bonds. The highest BCUT2D eigenvalue weighted by atomic mass is 79.9. The number of halogens is 2. The second kappa shape index (κ2) is 4.60. The Balaban J connectivity index is 2.21. The van der Waals surface area contributed by atoms with Crippen molar-refractivity contribution in [3.63, 3.8) is 0 Å². The summed E-state index contributed by atoms with van der Waals surface area (Å²) >= 11 is 4.78. The van der Waals surface area contributed by atoms with Gasteiger partial charge in [0.2, 0.25) is 0 Å². The standard InChI is InChI=1S/C10H6BrFN4S2/c1-5-13-10(17-15-5)8-3-2-6-7(11)4-16(18-12)9(6)14-8/h2-4H,1H3. The Morgan fingerprint density at radius 1 is 1.39 bits per heavy atom. The van der Waals surface area contributed by atoms with E-state index >= 15 is 0 Å². The van der Waals surface area contributed by atoms with Gasteiger partial charge < -0.3 is 0 Å². The number of hydrogen-bond donors (Lipinski definition) is 0. The molecule has 0 bridgehead atoms. The van der Waals surface area contributed by atoms with Gasteiger partial charge in [-0.15, -0.1) is 3.89 Å². The molecule has 0 atom stereocenters. The van der Waals surface area contributed by atoms with Crippen molar-refractivity contribution in [2.24, 2.45) is 0 Å². The molecule has 0 saturated carbocycles. The second-order valence-corrected chi connectivity index (χ2v) is 5.72. The van der Waals surface area contributed by atoms with Crippen LogP contribution < -0.4 is 0 Å². The molecule has 3 aromatic heterocycles. The minimum absolute atomic E-state index is 0.120. The summed E-state index contributed by atoms with van der Waals surface area (Å²) < 4.78 is 19.1. The van der Waals surface area contributed by atoms with Crippen LogP contribution in [0.2, 0.25) is 0 Å². The topological polar surface area (TPSA) is 43.6 Å². The molecule has 0 aromatic carbocycles. The summed E-state index contributed by atoms with van der Waals surface area (Å²) in [6.45, 7) is 1.83. The lowest BCUT2D eigenvalue weighted by atomic mass is 10.3. The summed E-state index contributed by atoms with van der Waals surface area (Å²) in [7, 11) is 0. The zero-order valence-electron chi connectivity index (χ0n) is 9.09. The van der Waals surface area contributed by atoms with Gasteiger partial charge in [-0.2, -0.15) is 4.37 Å². The fourth-order valence-electron chi connectivity index (χ4n) is 1.61. The molecule has 0 N–H and O–H groups in total. The molecule has 3 aromatic rings. The van der Waals surface area contributed by atoms with Crippen LogP contribution in [0.25, 0.3) is 21.7 Å². The van der Waals surface area contributed by atoms with E-state index in [1.807, 2.05) is 19.1 Å². The first-order valence-corrected chi connectivity index (χ1v) is 7.20. The molecule has 0 aliphatic carbocycles. The Morgan fingerprint density at radius 2 is 2.22 bits per heavy atom. The van der Waals surface area contributed by atoms with Gasteiger partial charge in [-0.05, 0) is 46.5 Å². The summed E-state index contributed by atoms with van der Waals surface area (Å²) in [6.07, 6.45) is 1.65. The van der Waals surface area contributed by atoms with E-state index in [2.05, 4.69) is 30.3 Å². The van der Waals surface area contributed by atoms with Crippen molar-refractivity contribution in [2.75, 3.05) is 0 Å². The van der Waals surface area contributed by atoms with E-state index in [9.17, 15) is 3.89 Å². The van der Waals surface area contributed by atoms with Gasteiger partial charge >= 0.3 is 0 Å². The number of nitrogens with zero attached hydrogens (tertiary/aromatic N) is 4. The highest BCUT2D eigenvalue weighted by Gasteiger charge is 2.12. The van der Waals surface area contributed by atoms with E-state index in [0.717, 1.165) is 14.9 Å². The molecular weight excluding hydrogens is 339 g/mol. The van der Waals surface area contributed by atoms with Crippen molar-refractivity contribution in [1.82, 2.24) is 18.3 Å². The first-order valence-electron chi connectivity index (χ1n) is 4.96. The summed E-state index contributed by atoms with van der Waals surface area (Å²) in [4.78, 5) is 8.70. The van der Waals surface area contributed by atoms with E-state index in [1.165, 1.54) is 15.5 Å². The first kappa shape index (κ1) is 12.1. The quantitative estimate of drug-likeness (QED) is 0.704. The van der Waals surface area contributed by atoms with Gasteiger partial charge in [-0.3, -0.25) is 0 Å². The number of hydrogen-bond acceptors (Lipinski definition) is 5. The predicted octanol–water partition coefficient (Wildman–Crippen LogP) is 4.01. The fourth-order valence-corrected chi connectivity index (χ4v) is 3.25. The van der Waals surface area contributed by atoms with Gasteiger partial charge in [0.05, 0.1) is 0 Å². The third-order valence-corrected chi connectivity index (χ3v) is 4.28. The average Bonchev–Trinajstić information content (AvgIpc) is 2.93. The number of fused-ring (bicyclic) bond motifs is 1. The molecule has 0 saturated heterocycles. The molecule has 0 radical (unpaired) electrons. The minimum atomic E-state index is 0.120. The zero-order chi connectivity index (χ0) is 12.7. The average molecular weight is 345 g/mol. The van der Waals surface area contributed by atoms with Crippen LogP contribution in [0, 0.1) is 6.92 Å². The Labute approximate surface area is 119 Å². The maximum atomic E-state index is 12.8. The van der Waals surface area contributed by atoms with Crippen LogP contribution in [0.4, 0.5) is 3.89 Å². The van der Waals surface area contributed by atoms with E-state index in [4.69, 9.17) is 0 Å². The van der Waals surface area contributed by atoms with Gasteiger partial charge in [0.15, 0.2) is 23.0 Å². The minimum Gasteiger partial charge on any atom is -0.246 e. The van der Waals surface area contributed by atoms with E-state index in [-0.39, 0.29) is 12.3 Å². The Hall–Kier alpha value is -0.990. The van der Waals surface area contributed by atoms with Gasteiger partial charge in [-0.1, -0.05) is 0 Å². The molecule has 4 nitrogen and oxygen atoms in total. The number of aryl methyl sites for hydroxylation is 1. The molecule has 3 rings (SSSR count). The van der Waals surface area contributed by atoms with E-state index in [1.54, 1.807) is 6.20 Å². The van der Waals surface area contributed by atoms with Crippen molar-refractivity contribution >= 4 is 50.8 Å². The lowest BCUT2D eigenvalue weighted by Crippen LogP contribution is -1.88. The van der Waals surface area contributed by atoms with Crippen LogP contribution in [-0.4, -0.2) is 18.3 Å². The van der Waals surface area contributed by atoms with Crippen molar-refractivity contribution in [3.05, 3.63) is 28.6 Å². The van der Waals surface area contributed by atoms with Crippen LogP contribution in [-0.2, 0) is 0 Å². The summed E-state index contributed by atoms with van der Waals surface area (Å²) in [5.41, 5.74) is 1.27. The third kappa shape index (κ3) is 1.94. The molecule has 0 unspecified atom stereocenters. The number of pyridine rings is 1. The molecule has 3 heterocycles. The first-order chi connectivity index (χ1) is 8.69. The fraction of sp³-hybridized carbons (Fsp3) is 0.100. The molecule has 8 heteroatoms. The molecular formula is C10H6BrFN4S2. The summed E-state index contributed by atoms with van der Waals surface area (Å²) in [5.74, 6) is 0.716. The smallest absolute Gasteiger partial charge is 0.171 e.